The Morgan fingerprint density at radius 3 is 2.88 bits per heavy atom. The lowest BCUT2D eigenvalue weighted by atomic mass is 9.61. The summed E-state index contributed by atoms with van der Waals surface area (Å²) in [5, 5.41) is 16.0. The van der Waals surface area contributed by atoms with Crippen LogP contribution in [0.4, 0.5) is 4.79 Å². The number of hydroxylamine groups is 4. The highest BCUT2D eigenvalue weighted by Gasteiger charge is 2.56. The third-order valence-corrected chi connectivity index (χ3v) is 7.82. The lowest BCUT2D eigenvalue weighted by Gasteiger charge is -2.41. The Kier molecular flexibility index (Phi) is 5.36. The van der Waals surface area contributed by atoms with Crippen molar-refractivity contribution in [3.63, 3.8) is 0 Å². The Bertz CT molecular complexity index is 859. The molecule has 3 heterocycles. The molecule has 2 amide bonds. The van der Waals surface area contributed by atoms with Crippen molar-refractivity contribution in [2.75, 3.05) is 20.2 Å². The number of rotatable bonds is 3. The standard InChI is InChI=1S/C23H33N3O6/c1-13-4-5-18-23(10-13)6-7-25(12-15-8-16(27)9-17(31-18)19(15)23)32-22(29)24-20-14(2)11-26(30-3)21(20)28/h6-7,13-16,18,20,27H,4-5,8-12H2,1-3H3,(H,24,29)/t13?,14?,15-,16-,18-,20?,23?/m1/s1. The molecule has 1 saturated heterocycles. The van der Waals surface area contributed by atoms with Gasteiger partial charge >= 0.3 is 6.09 Å². The van der Waals surface area contributed by atoms with Crippen molar-refractivity contribution in [1.82, 2.24) is 15.4 Å². The minimum Gasteiger partial charge on any atom is -0.493 e. The highest BCUT2D eigenvalue weighted by molar-refractivity contribution is 5.87. The first kappa shape index (κ1) is 21.6. The van der Waals surface area contributed by atoms with E-state index in [1.165, 1.54) is 17.7 Å². The number of hydrogen-bond donors (Lipinski definition) is 2. The second-order valence-electron chi connectivity index (χ2n) is 10.1. The summed E-state index contributed by atoms with van der Waals surface area (Å²) in [5.74, 6) is 1.19. The molecule has 0 bridgehead atoms. The van der Waals surface area contributed by atoms with E-state index in [4.69, 9.17) is 14.4 Å². The van der Waals surface area contributed by atoms with Gasteiger partial charge in [-0.25, -0.2) is 14.9 Å². The van der Waals surface area contributed by atoms with Gasteiger partial charge in [-0.05, 0) is 37.2 Å². The fraction of sp³-hybridized carbons (Fsp3) is 0.739. The zero-order valence-electron chi connectivity index (χ0n) is 19.0. The molecule has 7 atom stereocenters. The molecular weight excluding hydrogens is 414 g/mol. The predicted molar refractivity (Wildman–Crippen MR) is 113 cm³/mol. The predicted octanol–water partition coefficient (Wildman–Crippen LogP) is 2.10. The first-order chi connectivity index (χ1) is 15.3. The molecule has 1 saturated carbocycles. The number of ether oxygens (including phenoxy) is 1. The van der Waals surface area contributed by atoms with Gasteiger partial charge in [-0.2, -0.15) is 0 Å². The summed E-state index contributed by atoms with van der Waals surface area (Å²) < 4.78 is 6.37. The number of carbonyl (C=O) groups excluding carboxylic acids is 2. The largest absolute Gasteiger partial charge is 0.493 e. The fourth-order valence-corrected chi connectivity index (χ4v) is 6.43. The van der Waals surface area contributed by atoms with Crippen LogP contribution in [0.15, 0.2) is 23.6 Å². The summed E-state index contributed by atoms with van der Waals surface area (Å²) in [4.78, 5) is 35.8. The molecule has 5 aliphatic rings. The van der Waals surface area contributed by atoms with E-state index in [9.17, 15) is 14.7 Å². The lowest BCUT2D eigenvalue weighted by molar-refractivity contribution is -0.168. The first-order valence-electron chi connectivity index (χ1n) is 11.7. The van der Waals surface area contributed by atoms with E-state index in [1.807, 2.05) is 13.1 Å². The topological polar surface area (TPSA) is 101 Å². The van der Waals surface area contributed by atoms with Crippen LogP contribution in [0.25, 0.3) is 0 Å². The van der Waals surface area contributed by atoms with Crippen molar-refractivity contribution in [3.8, 4) is 0 Å². The highest BCUT2D eigenvalue weighted by Crippen LogP contribution is 2.59. The van der Waals surface area contributed by atoms with Crippen LogP contribution in [-0.2, 0) is 19.2 Å². The molecule has 5 rings (SSSR count). The van der Waals surface area contributed by atoms with Gasteiger partial charge < -0.3 is 20.0 Å². The number of nitrogens with zero attached hydrogens (tertiary/aromatic N) is 2. The highest BCUT2D eigenvalue weighted by atomic mass is 16.7. The Morgan fingerprint density at radius 2 is 2.12 bits per heavy atom. The maximum Gasteiger partial charge on any atom is 0.432 e. The van der Waals surface area contributed by atoms with Crippen LogP contribution in [0.3, 0.4) is 0 Å². The quantitative estimate of drug-likeness (QED) is 0.683. The van der Waals surface area contributed by atoms with Gasteiger partial charge in [0.25, 0.3) is 5.91 Å². The van der Waals surface area contributed by atoms with Crippen molar-refractivity contribution in [3.05, 3.63) is 23.6 Å². The Morgan fingerprint density at radius 1 is 1.31 bits per heavy atom. The Labute approximate surface area is 188 Å². The van der Waals surface area contributed by atoms with Gasteiger partial charge in [-0.15, -0.1) is 0 Å². The summed E-state index contributed by atoms with van der Waals surface area (Å²) in [7, 11) is 1.44. The van der Waals surface area contributed by atoms with Crippen LogP contribution in [0.2, 0.25) is 0 Å². The lowest BCUT2D eigenvalue weighted by Crippen LogP contribution is -2.45. The summed E-state index contributed by atoms with van der Waals surface area (Å²) in [6.07, 6.45) is 7.24. The zero-order valence-corrected chi connectivity index (χ0v) is 19.0. The molecule has 32 heavy (non-hydrogen) atoms. The molecular formula is C23H33N3O6. The van der Waals surface area contributed by atoms with Crippen molar-refractivity contribution in [1.29, 1.82) is 0 Å². The normalized spacial score (nSPS) is 40.6. The third kappa shape index (κ3) is 3.46. The van der Waals surface area contributed by atoms with Crippen molar-refractivity contribution >= 4 is 12.0 Å². The Balaban J connectivity index is 1.34. The van der Waals surface area contributed by atoms with Gasteiger partial charge in [-0.3, -0.25) is 9.63 Å². The molecule has 0 aromatic heterocycles. The van der Waals surface area contributed by atoms with Crippen LogP contribution in [0, 0.1) is 23.2 Å². The Hall–Kier alpha value is -2.26. The number of nitrogens with one attached hydrogen (secondary N) is 1. The van der Waals surface area contributed by atoms with E-state index in [1.54, 1.807) is 5.06 Å². The molecule has 2 N–H and O–H groups in total. The molecule has 0 radical (unpaired) electrons. The van der Waals surface area contributed by atoms with E-state index in [0.717, 1.165) is 25.0 Å². The van der Waals surface area contributed by atoms with Gasteiger partial charge in [0.1, 0.15) is 12.1 Å². The van der Waals surface area contributed by atoms with Crippen LogP contribution in [0.1, 0.15) is 46.0 Å². The number of aliphatic hydroxyl groups excluding tert-OH is 1. The molecule has 2 fully saturated rings. The molecule has 0 aromatic carbocycles. The minimum absolute atomic E-state index is 0.0443. The van der Waals surface area contributed by atoms with Gasteiger partial charge in [-0.1, -0.05) is 19.9 Å². The van der Waals surface area contributed by atoms with Crippen LogP contribution in [-0.4, -0.2) is 65.7 Å². The van der Waals surface area contributed by atoms with E-state index in [2.05, 4.69) is 18.3 Å². The maximum atomic E-state index is 12.7. The molecule has 9 nitrogen and oxygen atoms in total. The average Bonchev–Trinajstić information content (AvgIpc) is 3.14. The van der Waals surface area contributed by atoms with Gasteiger partial charge in [0, 0.05) is 24.5 Å². The second kappa shape index (κ2) is 7.95. The molecule has 2 aliphatic carbocycles. The van der Waals surface area contributed by atoms with E-state index in [0.29, 0.717) is 31.8 Å². The smallest absolute Gasteiger partial charge is 0.432 e. The van der Waals surface area contributed by atoms with Gasteiger partial charge in [0.2, 0.25) is 0 Å². The molecule has 176 valence electrons. The van der Waals surface area contributed by atoms with E-state index >= 15 is 0 Å². The van der Waals surface area contributed by atoms with Crippen molar-refractivity contribution < 1.29 is 29.1 Å². The van der Waals surface area contributed by atoms with E-state index in [-0.39, 0.29) is 29.3 Å². The summed E-state index contributed by atoms with van der Waals surface area (Å²) in [5.41, 5.74) is 1.10. The van der Waals surface area contributed by atoms with Crippen LogP contribution >= 0.6 is 0 Å². The molecule has 4 unspecified atom stereocenters. The maximum absolute atomic E-state index is 12.7. The van der Waals surface area contributed by atoms with Crippen molar-refractivity contribution in [2.45, 2.75) is 64.2 Å². The molecule has 1 spiro atoms. The summed E-state index contributed by atoms with van der Waals surface area (Å²) in [6, 6.07) is -0.681. The van der Waals surface area contributed by atoms with Gasteiger partial charge in [0.05, 0.1) is 37.5 Å². The van der Waals surface area contributed by atoms with Crippen LogP contribution in [0.5, 0.6) is 0 Å². The number of aliphatic hydroxyl groups is 1. The molecule has 9 heteroatoms. The van der Waals surface area contributed by atoms with E-state index < -0.39 is 18.2 Å². The monoisotopic (exact) mass is 447 g/mol. The number of amides is 2. The fourth-order valence-electron chi connectivity index (χ4n) is 6.43. The summed E-state index contributed by atoms with van der Waals surface area (Å²) in [6.45, 7) is 5.03. The second-order valence-corrected chi connectivity index (χ2v) is 10.1. The zero-order chi connectivity index (χ0) is 22.6. The first-order valence-corrected chi connectivity index (χ1v) is 11.7. The average molecular weight is 448 g/mol. The number of carbonyl (C=O) groups is 2. The van der Waals surface area contributed by atoms with Crippen LogP contribution < -0.4 is 5.32 Å². The minimum atomic E-state index is -0.681. The van der Waals surface area contributed by atoms with Gasteiger partial charge in [0.15, 0.2) is 0 Å². The number of hydrogen-bond acceptors (Lipinski definition) is 7. The van der Waals surface area contributed by atoms with Crippen molar-refractivity contribution in [2.24, 2.45) is 23.2 Å². The molecule has 0 aromatic rings. The summed E-state index contributed by atoms with van der Waals surface area (Å²) >= 11 is 0. The third-order valence-electron chi connectivity index (χ3n) is 7.82. The SMILES string of the molecule is CON1CC(C)C(NC(=O)ON2C=CC34CC(C)CC[C@H]3OC3=C4[C@H](C[C@@H](O)C3)C2)C1=O. The molecule has 3 aliphatic heterocycles.